The van der Waals surface area contributed by atoms with E-state index in [1.807, 2.05) is 36.0 Å². The van der Waals surface area contributed by atoms with Gasteiger partial charge in [-0.15, -0.1) is 0 Å². The normalized spacial score (nSPS) is 23.2. The summed E-state index contributed by atoms with van der Waals surface area (Å²) in [5.74, 6) is 0.882. The molecule has 2 unspecified atom stereocenters. The van der Waals surface area contributed by atoms with Crippen LogP contribution in [0, 0.1) is 11.8 Å². The van der Waals surface area contributed by atoms with Crippen molar-refractivity contribution in [1.29, 1.82) is 0 Å². The van der Waals surface area contributed by atoms with Gasteiger partial charge in [0.15, 0.2) is 0 Å². The maximum atomic E-state index is 11.1. The first-order valence-corrected chi connectivity index (χ1v) is 8.86. The summed E-state index contributed by atoms with van der Waals surface area (Å²) in [6.45, 7) is 3.99. The van der Waals surface area contributed by atoms with E-state index < -0.39 is 6.09 Å². The highest BCUT2D eigenvalue weighted by molar-refractivity contribution is 6.33. The van der Waals surface area contributed by atoms with Crippen molar-refractivity contribution >= 4 is 17.7 Å². The third-order valence-electron chi connectivity index (χ3n) is 5.26. The number of aromatic nitrogens is 2. The standard InChI is InChI=1S/C18H21ClN4O2/c1-21-6-14(17(20-21)15-4-2-3-5-16(15)19)9-22-7-12-10-23(18(24)25)11-13(12)8-22/h2-6,12-13H,7-11H2,1H3,(H,24,25). The average Bonchev–Trinajstić information content (AvgIpc) is 3.21. The highest BCUT2D eigenvalue weighted by atomic mass is 35.5. The molecule has 0 saturated carbocycles. The first-order valence-electron chi connectivity index (χ1n) is 8.49. The summed E-state index contributed by atoms with van der Waals surface area (Å²) in [7, 11) is 1.92. The molecule has 0 aliphatic carbocycles. The predicted molar refractivity (Wildman–Crippen MR) is 95.5 cm³/mol. The molecule has 2 saturated heterocycles. The molecule has 0 bridgehead atoms. The van der Waals surface area contributed by atoms with Crippen LogP contribution in [0.15, 0.2) is 30.5 Å². The number of likely N-dealkylation sites (tertiary alicyclic amines) is 2. The quantitative estimate of drug-likeness (QED) is 0.914. The van der Waals surface area contributed by atoms with Crippen molar-refractivity contribution in [1.82, 2.24) is 19.6 Å². The molecule has 0 spiro atoms. The van der Waals surface area contributed by atoms with Gasteiger partial charge in [0.25, 0.3) is 0 Å². The fraction of sp³-hybridized carbons (Fsp3) is 0.444. The fourth-order valence-corrected chi connectivity index (χ4v) is 4.37. The molecule has 2 aliphatic rings. The van der Waals surface area contributed by atoms with Crippen LogP contribution in [0.25, 0.3) is 11.3 Å². The number of nitrogens with zero attached hydrogens (tertiary/aromatic N) is 4. The number of carboxylic acid groups (broad SMARTS) is 1. The largest absolute Gasteiger partial charge is 0.465 e. The number of benzene rings is 1. The van der Waals surface area contributed by atoms with Gasteiger partial charge in [0.05, 0.1) is 10.7 Å². The molecule has 3 heterocycles. The van der Waals surface area contributed by atoms with E-state index >= 15 is 0 Å². The molecule has 7 heteroatoms. The molecule has 1 amide bonds. The molecule has 2 fully saturated rings. The van der Waals surface area contributed by atoms with Gasteiger partial charge in [-0.25, -0.2) is 4.79 Å². The van der Waals surface area contributed by atoms with E-state index in [0.29, 0.717) is 29.9 Å². The zero-order valence-electron chi connectivity index (χ0n) is 14.1. The van der Waals surface area contributed by atoms with Gasteiger partial charge in [0, 0.05) is 57.1 Å². The Balaban J connectivity index is 1.50. The molecule has 1 N–H and O–H groups in total. The number of rotatable bonds is 3. The molecule has 132 valence electrons. The van der Waals surface area contributed by atoms with Crippen molar-refractivity contribution in [3.05, 3.63) is 41.0 Å². The van der Waals surface area contributed by atoms with E-state index in [1.165, 1.54) is 0 Å². The lowest BCUT2D eigenvalue weighted by Crippen LogP contribution is -2.32. The van der Waals surface area contributed by atoms with Crippen LogP contribution < -0.4 is 0 Å². The zero-order valence-corrected chi connectivity index (χ0v) is 14.9. The highest BCUT2D eigenvalue weighted by Crippen LogP contribution is 2.34. The van der Waals surface area contributed by atoms with Gasteiger partial charge in [0.1, 0.15) is 0 Å². The summed E-state index contributed by atoms with van der Waals surface area (Å²) >= 11 is 6.36. The number of halogens is 1. The van der Waals surface area contributed by atoms with Crippen LogP contribution in [-0.4, -0.2) is 57.0 Å². The Labute approximate surface area is 151 Å². The monoisotopic (exact) mass is 360 g/mol. The first kappa shape index (κ1) is 16.4. The van der Waals surface area contributed by atoms with Crippen molar-refractivity contribution < 1.29 is 9.90 Å². The average molecular weight is 361 g/mol. The van der Waals surface area contributed by atoms with Crippen LogP contribution in [0.5, 0.6) is 0 Å². The topological polar surface area (TPSA) is 61.6 Å². The van der Waals surface area contributed by atoms with E-state index in [-0.39, 0.29) is 0 Å². The van der Waals surface area contributed by atoms with E-state index in [0.717, 1.165) is 36.5 Å². The maximum absolute atomic E-state index is 11.1. The van der Waals surface area contributed by atoms with Crippen molar-refractivity contribution in [3.8, 4) is 11.3 Å². The Bertz CT molecular complexity index is 792. The van der Waals surface area contributed by atoms with E-state index in [1.54, 1.807) is 4.90 Å². The van der Waals surface area contributed by atoms with Crippen LogP contribution in [0.1, 0.15) is 5.56 Å². The first-order chi connectivity index (χ1) is 12.0. The fourth-order valence-electron chi connectivity index (χ4n) is 4.15. The summed E-state index contributed by atoms with van der Waals surface area (Å²) in [6, 6.07) is 7.78. The van der Waals surface area contributed by atoms with Crippen LogP contribution in [0.3, 0.4) is 0 Å². The number of hydrogen-bond acceptors (Lipinski definition) is 3. The maximum Gasteiger partial charge on any atom is 0.407 e. The van der Waals surface area contributed by atoms with Gasteiger partial charge < -0.3 is 10.0 Å². The summed E-state index contributed by atoms with van der Waals surface area (Å²) in [6.07, 6.45) is 1.25. The van der Waals surface area contributed by atoms with Gasteiger partial charge >= 0.3 is 6.09 Å². The lowest BCUT2D eigenvalue weighted by atomic mass is 10.0. The molecule has 0 radical (unpaired) electrons. The summed E-state index contributed by atoms with van der Waals surface area (Å²) in [5, 5.41) is 14.5. The molecule has 2 aliphatic heterocycles. The molecule has 2 aromatic rings. The zero-order chi connectivity index (χ0) is 17.6. The third kappa shape index (κ3) is 3.12. The van der Waals surface area contributed by atoms with Crippen LogP contribution >= 0.6 is 11.6 Å². The van der Waals surface area contributed by atoms with Crippen LogP contribution in [0.2, 0.25) is 5.02 Å². The number of hydrogen-bond donors (Lipinski definition) is 1. The Morgan fingerprint density at radius 2 is 1.92 bits per heavy atom. The van der Waals surface area contributed by atoms with Crippen molar-refractivity contribution in [2.24, 2.45) is 18.9 Å². The Kier molecular flexibility index (Phi) is 4.17. The van der Waals surface area contributed by atoms with Gasteiger partial charge in [-0.1, -0.05) is 29.8 Å². The summed E-state index contributed by atoms with van der Waals surface area (Å²) < 4.78 is 1.83. The van der Waals surface area contributed by atoms with Crippen LogP contribution in [0.4, 0.5) is 4.79 Å². The number of amides is 1. The van der Waals surface area contributed by atoms with Crippen molar-refractivity contribution in [2.75, 3.05) is 26.2 Å². The van der Waals surface area contributed by atoms with E-state index in [9.17, 15) is 4.79 Å². The summed E-state index contributed by atoms with van der Waals surface area (Å²) in [5.41, 5.74) is 3.04. The van der Waals surface area contributed by atoms with Crippen molar-refractivity contribution in [3.63, 3.8) is 0 Å². The van der Waals surface area contributed by atoms with Gasteiger partial charge in [-0.3, -0.25) is 9.58 Å². The van der Waals surface area contributed by atoms with E-state index in [4.69, 9.17) is 16.7 Å². The Morgan fingerprint density at radius 3 is 2.56 bits per heavy atom. The smallest absolute Gasteiger partial charge is 0.407 e. The molecule has 2 atom stereocenters. The predicted octanol–water partition coefficient (Wildman–Crippen LogP) is 2.78. The minimum absolute atomic E-state index is 0.441. The highest BCUT2D eigenvalue weighted by Gasteiger charge is 2.41. The van der Waals surface area contributed by atoms with Gasteiger partial charge in [-0.05, 0) is 17.9 Å². The molecule has 1 aromatic carbocycles. The molecule has 25 heavy (non-hydrogen) atoms. The number of aryl methyl sites for hydroxylation is 1. The number of carbonyl (C=O) groups is 1. The molecular formula is C18H21ClN4O2. The Hall–Kier alpha value is -2.05. The lowest BCUT2D eigenvalue weighted by molar-refractivity contribution is 0.148. The second-order valence-electron chi connectivity index (χ2n) is 7.06. The SMILES string of the molecule is Cn1cc(CN2CC3CN(C(=O)O)CC3C2)c(-c2ccccc2Cl)n1. The second kappa shape index (κ2) is 6.35. The van der Waals surface area contributed by atoms with Gasteiger partial charge in [0.2, 0.25) is 0 Å². The molecule has 4 rings (SSSR count). The van der Waals surface area contributed by atoms with Crippen LogP contribution in [-0.2, 0) is 13.6 Å². The van der Waals surface area contributed by atoms with E-state index in [2.05, 4.69) is 16.2 Å². The lowest BCUT2D eigenvalue weighted by Gasteiger charge is -2.19. The molecule has 6 nitrogen and oxygen atoms in total. The Morgan fingerprint density at radius 1 is 1.24 bits per heavy atom. The second-order valence-corrected chi connectivity index (χ2v) is 7.47. The van der Waals surface area contributed by atoms with Gasteiger partial charge in [-0.2, -0.15) is 5.10 Å². The third-order valence-corrected chi connectivity index (χ3v) is 5.59. The minimum atomic E-state index is -0.797. The molecule has 1 aromatic heterocycles. The van der Waals surface area contributed by atoms with Crippen molar-refractivity contribution in [2.45, 2.75) is 6.54 Å². The number of fused-ring (bicyclic) bond motifs is 1. The summed E-state index contributed by atoms with van der Waals surface area (Å²) in [4.78, 5) is 15.1. The minimum Gasteiger partial charge on any atom is -0.465 e. The molecular weight excluding hydrogens is 340 g/mol.